The molecule has 0 aliphatic heterocycles. The Labute approximate surface area is 75.7 Å². The van der Waals surface area contributed by atoms with Crippen LogP contribution < -0.4 is 0 Å². The molecular weight excluding hydrogens is 172 g/mol. The average molecular weight is 179 g/mol. The van der Waals surface area contributed by atoms with Gasteiger partial charge in [0.25, 0.3) is 0 Å². The monoisotopic (exact) mass is 178 g/mol. The van der Waals surface area contributed by atoms with Gasteiger partial charge in [0.15, 0.2) is 5.78 Å². The summed E-state index contributed by atoms with van der Waals surface area (Å²) in [6.45, 7) is 3.68. The average Bonchev–Trinajstić information content (AvgIpc) is 2.32. The molecule has 0 aromatic heterocycles. The van der Waals surface area contributed by atoms with E-state index in [-0.39, 0.29) is 5.78 Å². The first-order valence-corrected chi connectivity index (χ1v) is 4.08. The molecule has 1 aliphatic rings. The third kappa shape index (κ3) is 0.901. The molecular formula is C10H7ClO. The van der Waals surface area contributed by atoms with Crippen LogP contribution in [0, 0.1) is 0 Å². The summed E-state index contributed by atoms with van der Waals surface area (Å²) in [6, 6.07) is 5.38. The van der Waals surface area contributed by atoms with Crippen LogP contribution in [0.5, 0.6) is 0 Å². The minimum atomic E-state index is 0.0347. The van der Waals surface area contributed by atoms with E-state index in [0.29, 0.717) is 22.6 Å². The van der Waals surface area contributed by atoms with Gasteiger partial charge in [0.05, 0.1) is 0 Å². The summed E-state index contributed by atoms with van der Waals surface area (Å²) in [6.07, 6.45) is 0.605. The number of Topliss-reactive ketones (excluding diaryl/α,β-unsaturated/α-hetero) is 1. The van der Waals surface area contributed by atoms with Crippen molar-refractivity contribution in [2.75, 3.05) is 0 Å². The van der Waals surface area contributed by atoms with Gasteiger partial charge < -0.3 is 0 Å². The summed E-state index contributed by atoms with van der Waals surface area (Å²) in [7, 11) is 0. The van der Waals surface area contributed by atoms with Crippen molar-refractivity contribution in [3.8, 4) is 0 Å². The van der Waals surface area contributed by atoms with Crippen molar-refractivity contribution in [1.82, 2.24) is 0 Å². The van der Waals surface area contributed by atoms with E-state index in [0.717, 1.165) is 5.56 Å². The molecule has 1 aromatic carbocycles. The Morgan fingerprint density at radius 2 is 2.17 bits per heavy atom. The first-order chi connectivity index (χ1) is 5.70. The Hall–Kier alpha value is -1.08. The van der Waals surface area contributed by atoms with Crippen LogP contribution in [0.4, 0.5) is 0 Å². The van der Waals surface area contributed by atoms with E-state index in [1.807, 2.05) is 0 Å². The highest BCUT2D eigenvalue weighted by molar-refractivity contribution is 6.32. The molecule has 0 heterocycles. The molecule has 2 heteroatoms. The Balaban J connectivity index is 2.68. The topological polar surface area (TPSA) is 17.1 Å². The van der Waals surface area contributed by atoms with Crippen LogP contribution >= 0.6 is 11.6 Å². The molecule has 60 valence electrons. The fourth-order valence-electron chi connectivity index (χ4n) is 1.44. The fraction of sp³-hybridized carbons (Fsp3) is 0.100. The Morgan fingerprint density at radius 3 is 2.83 bits per heavy atom. The van der Waals surface area contributed by atoms with Gasteiger partial charge in [-0.3, -0.25) is 4.79 Å². The maximum absolute atomic E-state index is 11.4. The second-order valence-corrected chi connectivity index (χ2v) is 3.28. The van der Waals surface area contributed by atoms with Crippen LogP contribution in [0.2, 0.25) is 5.02 Å². The Kier molecular flexibility index (Phi) is 1.55. The van der Waals surface area contributed by atoms with Crippen LogP contribution in [0.25, 0.3) is 0 Å². The van der Waals surface area contributed by atoms with Gasteiger partial charge in [0.1, 0.15) is 0 Å². The lowest BCUT2D eigenvalue weighted by molar-refractivity contribution is 0.104. The van der Waals surface area contributed by atoms with Gasteiger partial charge in [-0.25, -0.2) is 0 Å². The second-order valence-electron chi connectivity index (χ2n) is 2.88. The largest absolute Gasteiger partial charge is 0.289 e. The summed E-state index contributed by atoms with van der Waals surface area (Å²) in [5.74, 6) is 0.0347. The van der Waals surface area contributed by atoms with Crippen LogP contribution in [0.1, 0.15) is 15.9 Å². The number of fused-ring (bicyclic) bond motifs is 1. The van der Waals surface area contributed by atoms with Crippen LogP contribution in [0.15, 0.2) is 30.4 Å². The molecule has 12 heavy (non-hydrogen) atoms. The molecule has 0 spiro atoms. The summed E-state index contributed by atoms with van der Waals surface area (Å²) >= 11 is 5.91. The van der Waals surface area contributed by atoms with E-state index in [1.165, 1.54) is 0 Å². The van der Waals surface area contributed by atoms with E-state index in [2.05, 4.69) is 6.58 Å². The number of allylic oxidation sites excluding steroid dienone is 1. The standard InChI is InChI=1S/C10H7ClO/c1-6-5-8-7(10(6)12)3-2-4-9(8)11/h2-4H,1,5H2. The summed E-state index contributed by atoms with van der Waals surface area (Å²) in [5.41, 5.74) is 2.28. The zero-order valence-corrected chi connectivity index (χ0v) is 7.19. The van der Waals surface area contributed by atoms with E-state index in [9.17, 15) is 4.79 Å². The third-order valence-corrected chi connectivity index (χ3v) is 2.43. The molecule has 0 bridgehead atoms. The molecule has 1 nitrogen and oxygen atoms in total. The number of benzene rings is 1. The van der Waals surface area contributed by atoms with E-state index in [4.69, 9.17) is 11.6 Å². The number of hydrogen-bond donors (Lipinski definition) is 0. The molecule has 0 atom stereocenters. The van der Waals surface area contributed by atoms with Gasteiger partial charge in [0, 0.05) is 17.0 Å². The van der Waals surface area contributed by atoms with E-state index < -0.39 is 0 Å². The first kappa shape index (κ1) is 7.56. The lowest BCUT2D eigenvalue weighted by atomic mass is 10.1. The molecule has 0 fully saturated rings. The van der Waals surface area contributed by atoms with Crippen molar-refractivity contribution in [2.45, 2.75) is 6.42 Å². The van der Waals surface area contributed by atoms with Crippen LogP contribution in [-0.2, 0) is 6.42 Å². The molecule has 0 radical (unpaired) electrons. The minimum absolute atomic E-state index is 0.0347. The van der Waals surface area contributed by atoms with E-state index in [1.54, 1.807) is 18.2 Å². The number of carbonyl (C=O) groups excluding carboxylic acids is 1. The molecule has 0 saturated heterocycles. The first-order valence-electron chi connectivity index (χ1n) is 3.70. The molecule has 1 aromatic rings. The normalized spacial score (nSPS) is 15.1. The van der Waals surface area contributed by atoms with Crippen molar-refractivity contribution in [2.24, 2.45) is 0 Å². The molecule has 0 unspecified atom stereocenters. The smallest absolute Gasteiger partial charge is 0.189 e. The summed E-state index contributed by atoms with van der Waals surface area (Å²) in [4.78, 5) is 11.4. The highest BCUT2D eigenvalue weighted by Gasteiger charge is 2.24. The molecule has 0 amide bonds. The third-order valence-electron chi connectivity index (χ3n) is 2.07. The van der Waals surface area contributed by atoms with E-state index >= 15 is 0 Å². The van der Waals surface area contributed by atoms with Crippen molar-refractivity contribution < 1.29 is 4.79 Å². The fourth-order valence-corrected chi connectivity index (χ4v) is 1.68. The number of carbonyl (C=O) groups is 1. The highest BCUT2D eigenvalue weighted by Crippen LogP contribution is 2.30. The number of ketones is 1. The van der Waals surface area contributed by atoms with Gasteiger partial charge in [-0.15, -0.1) is 0 Å². The van der Waals surface area contributed by atoms with Gasteiger partial charge >= 0.3 is 0 Å². The number of rotatable bonds is 0. The van der Waals surface area contributed by atoms with Crippen molar-refractivity contribution in [1.29, 1.82) is 0 Å². The molecule has 0 N–H and O–H groups in total. The summed E-state index contributed by atoms with van der Waals surface area (Å²) < 4.78 is 0. The Bertz CT molecular complexity index is 379. The summed E-state index contributed by atoms with van der Waals surface area (Å²) in [5, 5.41) is 0.666. The highest BCUT2D eigenvalue weighted by atomic mass is 35.5. The SMILES string of the molecule is C=C1Cc2c(Cl)cccc2C1=O. The zero-order valence-electron chi connectivity index (χ0n) is 6.43. The van der Waals surface area contributed by atoms with Gasteiger partial charge in [-0.1, -0.05) is 30.3 Å². The molecule has 2 rings (SSSR count). The Morgan fingerprint density at radius 1 is 1.42 bits per heavy atom. The maximum atomic E-state index is 11.4. The predicted octanol–water partition coefficient (Wildman–Crippen LogP) is 2.64. The minimum Gasteiger partial charge on any atom is -0.289 e. The lowest BCUT2D eigenvalue weighted by Crippen LogP contribution is -1.92. The second kappa shape index (κ2) is 2.46. The van der Waals surface area contributed by atoms with Crippen LogP contribution in [0.3, 0.4) is 0 Å². The number of halogens is 1. The van der Waals surface area contributed by atoms with Crippen molar-refractivity contribution in [3.05, 3.63) is 46.5 Å². The predicted molar refractivity (Wildman–Crippen MR) is 48.6 cm³/mol. The van der Waals surface area contributed by atoms with Gasteiger partial charge in [-0.05, 0) is 17.2 Å². The van der Waals surface area contributed by atoms with Crippen molar-refractivity contribution >= 4 is 17.4 Å². The lowest BCUT2D eigenvalue weighted by Gasteiger charge is -1.97. The quantitative estimate of drug-likeness (QED) is 0.559. The van der Waals surface area contributed by atoms with Crippen molar-refractivity contribution in [3.63, 3.8) is 0 Å². The van der Waals surface area contributed by atoms with Crippen LogP contribution in [-0.4, -0.2) is 5.78 Å². The maximum Gasteiger partial charge on any atom is 0.189 e. The molecule has 1 aliphatic carbocycles. The van der Waals surface area contributed by atoms with Gasteiger partial charge in [0.2, 0.25) is 0 Å². The number of hydrogen-bond acceptors (Lipinski definition) is 1. The zero-order chi connectivity index (χ0) is 8.72. The molecule has 0 saturated carbocycles. The van der Waals surface area contributed by atoms with Gasteiger partial charge in [-0.2, -0.15) is 0 Å².